The molecule has 0 radical (unpaired) electrons. The maximum absolute atomic E-state index is 4.46. The maximum Gasteiger partial charge on any atom is 0.0519 e. The van der Waals surface area contributed by atoms with Gasteiger partial charge in [-0.15, -0.1) is 0 Å². The molecule has 2 atom stereocenters. The van der Waals surface area contributed by atoms with Crippen molar-refractivity contribution in [3.63, 3.8) is 0 Å². The molecular formula is C16H29N3. The van der Waals surface area contributed by atoms with E-state index in [1.807, 2.05) is 13.1 Å². The summed E-state index contributed by atoms with van der Waals surface area (Å²) in [5.74, 6) is 0. The number of hydrogen-bond donors (Lipinski definition) is 1. The van der Waals surface area contributed by atoms with E-state index < -0.39 is 0 Å². The molecule has 1 rings (SSSR count). The maximum atomic E-state index is 4.46. The van der Waals surface area contributed by atoms with Crippen molar-refractivity contribution in [2.75, 3.05) is 20.6 Å². The van der Waals surface area contributed by atoms with Gasteiger partial charge in [0.2, 0.25) is 0 Å². The van der Waals surface area contributed by atoms with Crippen LogP contribution < -0.4 is 5.32 Å². The summed E-state index contributed by atoms with van der Waals surface area (Å²) in [6, 6.07) is 4.61. The van der Waals surface area contributed by atoms with E-state index in [-0.39, 0.29) is 5.54 Å². The Balaban J connectivity index is 3.09. The van der Waals surface area contributed by atoms with Gasteiger partial charge in [-0.3, -0.25) is 4.98 Å². The van der Waals surface area contributed by atoms with E-state index in [4.69, 9.17) is 0 Å². The first-order valence-corrected chi connectivity index (χ1v) is 7.29. The first kappa shape index (κ1) is 16.1. The first-order chi connectivity index (χ1) is 8.95. The fourth-order valence-corrected chi connectivity index (χ4v) is 2.41. The van der Waals surface area contributed by atoms with Gasteiger partial charge in [0.05, 0.1) is 6.04 Å². The molecule has 1 N–H and O–H groups in total. The molecule has 1 heterocycles. The van der Waals surface area contributed by atoms with E-state index in [0.717, 1.165) is 25.1 Å². The van der Waals surface area contributed by atoms with Crippen LogP contribution in [0.4, 0.5) is 0 Å². The lowest BCUT2D eigenvalue weighted by Gasteiger charge is -2.43. The zero-order valence-corrected chi connectivity index (χ0v) is 13.3. The fourth-order valence-electron chi connectivity index (χ4n) is 2.41. The van der Waals surface area contributed by atoms with Crippen molar-refractivity contribution in [1.29, 1.82) is 0 Å². The van der Waals surface area contributed by atoms with Crippen LogP contribution in [0, 0.1) is 6.92 Å². The molecule has 0 bridgehead atoms. The Bertz CT molecular complexity index is 372. The molecular weight excluding hydrogens is 234 g/mol. The Morgan fingerprint density at radius 1 is 1.32 bits per heavy atom. The van der Waals surface area contributed by atoms with E-state index in [9.17, 15) is 0 Å². The third-order valence-electron chi connectivity index (χ3n) is 4.23. The highest BCUT2D eigenvalue weighted by Crippen LogP contribution is 2.32. The second-order valence-corrected chi connectivity index (χ2v) is 5.73. The predicted molar refractivity (Wildman–Crippen MR) is 82.4 cm³/mol. The molecule has 0 spiro atoms. The number of rotatable bonds is 7. The van der Waals surface area contributed by atoms with E-state index in [2.05, 4.69) is 62.2 Å². The molecule has 0 fully saturated rings. The highest BCUT2D eigenvalue weighted by molar-refractivity contribution is 5.21. The Kier molecular flexibility index (Phi) is 5.95. The summed E-state index contributed by atoms with van der Waals surface area (Å²) in [5.41, 5.74) is 2.43. The van der Waals surface area contributed by atoms with Crippen LogP contribution in [0.2, 0.25) is 0 Å². The highest BCUT2D eigenvalue weighted by atomic mass is 15.2. The average molecular weight is 263 g/mol. The average Bonchev–Trinajstić information content (AvgIpc) is 2.40. The van der Waals surface area contributed by atoms with Gasteiger partial charge in [-0.25, -0.2) is 0 Å². The first-order valence-electron chi connectivity index (χ1n) is 7.29. The number of nitrogens with zero attached hydrogens (tertiary/aromatic N) is 2. The molecule has 0 saturated heterocycles. The number of likely N-dealkylation sites (N-methyl/N-ethyl adjacent to an activating group) is 1. The minimum Gasteiger partial charge on any atom is -0.308 e. The molecule has 3 heteroatoms. The topological polar surface area (TPSA) is 28.2 Å². The monoisotopic (exact) mass is 263 g/mol. The van der Waals surface area contributed by atoms with Gasteiger partial charge in [-0.1, -0.05) is 19.9 Å². The normalized spacial score (nSPS) is 16.4. The predicted octanol–water partition coefficient (Wildman–Crippen LogP) is 3.16. The quantitative estimate of drug-likeness (QED) is 0.819. The van der Waals surface area contributed by atoms with Crippen molar-refractivity contribution in [3.8, 4) is 0 Å². The minimum absolute atomic E-state index is 0.0894. The van der Waals surface area contributed by atoms with Crippen LogP contribution in [0.1, 0.15) is 50.9 Å². The number of nitrogens with one attached hydrogen (secondary N) is 1. The van der Waals surface area contributed by atoms with Crippen LogP contribution in [0.3, 0.4) is 0 Å². The Morgan fingerprint density at radius 2 is 2.00 bits per heavy atom. The van der Waals surface area contributed by atoms with Crippen molar-refractivity contribution in [2.24, 2.45) is 0 Å². The van der Waals surface area contributed by atoms with E-state index in [0.29, 0.717) is 6.04 Å². The SMILES string of the molecule is CCCNC(c1ccc(C)nc1)C(C)(CC)N(C)C. The van der Waals surface area contributed by atoms with Crippen LogP contribution in [0.25, 0.3) is 0 Å². The van der Waals surface area contributed by atoms with Crippen LogP contribution >= 0.6 is 0 Å². The number of aryl methyl sites for hydroxylation is 1. The Hall–Kier alpha value is -0.930. The summed E-state index contributed by atoms with van der Waals surface area (Å²) < 4.78 is 0. The summed E-state index contributed by atoms with van der Waals surface area (Å²) in [7, 11) is 4.32. The van der Waals surface area contributed by atoms with E-state index in [1.54, 1.807) is 0 Å². The second kappa shape index (κ2) is 7.01. The second-order valence-electron chi connectivity index (χ2n) is 5.73. The summed E-state index contributed by atoms with van der Waals surface area (Å²) in [6.07, 6.45) is 4.25. The molecule has 19 heavy (non-hydrogen) atoms. The molecule has 0 aliphatic rings. The zero-order chi connectivity index (χ0) is 14.5. The van der Waals surface area contributed by atoms with Gasteiger partial charge in [-0.05, 0) is 59.0 Å². The Labute approximate surface area is 118 Å². The third kappa shape index (κ3) is 3.77. The van der Waals surface area contributed by atoms with Crippen LogP contribution in [0.15, 0.2) is 18.3 Å². The lowest BCUT2D eigenvalue weighted by atomic mass is 9.84. The largest absolute Gasteiger partial charge is 0.308 e. The van der Waals surface area contributed by atoms with Gasteiger partial charge >= 0.3 is 0 Å². The van der Waals surface area contributed by atoms with Gasteiger partial charge in [0.15, 0.2) is 0 Å². The summed E-state index contributed by atoms with van der Waals surface area (Å²) >= 11 is 0. The van der Waals surface area contributed by atoms with Crippen molar-refractivity contribution in [3.05, 3.63) is 29.6 Å². The fraction of sp³-hybridized carbons (Fsp3) is 0.688. The molecule has 0 aromatic carbocycles. The summed E-state index contributed by atoms with van der Waals surface area (Å²) in [4.78, 5) is 6.78. The minimum atomic E-state index is 0.0894. The van der Waals surface area contributed by atoms with Crippen LogP contribution in [-0.4, -0.2) is 36.1 Å². The van der Waals surface area contributed by atoms with Gasteiger partial charge in [0.1, 0.15) is 0 Å². The molecule has 1 aromatic heterocycles. The van der Waals surface area contributed by atoms with Crippen molar-refractivity contribution < 1.29 is 0 Å². The van der Waals surface area contributed by atoms with E-state index in [1.165, 1.54) is 5.56 Å². The third-order valence-corrected chi connectivity index (χ3v) is 4.23. The van der Waals surface area contributed by atoms with Crippen LogP contribution in [-0.2, 0) is 0 Å². The van der Waals surface area contributed by atoms with Crippen molar-refractivity contribution >= 4 is 0 Å². The molecule has 0 aliphatic carbocycles. The van der Waals surface area contributed by atoms with Gasteiger partial charge < -0.3 is 10.2 Å². The molecule has 3 nitrogen and oxygen atoms in total. The van der Waals surface area contributed by atoms with Crippen LogP contribution in [0.5, 0.6) is 0 Å². The summed E-state index contributed by atoms with van der Waals surface area (Å²) in [6.45, 7) is 9.84. The number of aromatic nitrogens is 1. The molecule has 108 valence electrons. The zero-order valence-electron chi connectivity index (χ0n) is 13.3. The van der Waals surface area contributed by atoms with Crippen molar-refractivity contribution in [2.45, 2.75) is 52.1 Å². The lowest BCUT2D eigenvalue weighted by Crippen LogP contribution is -2.51. The number of pyridine rings is 1. The molecule has 2 unspecified atom stereocenters. The Morgan fingerprint density at radius 3 is 2.42 bits per heavy atom. The molecule has 0 saturated carbocycles. The molecule has 0 aliphatic heterocycles. The molecule has 1 aromatic rings. The highest BCUT2D eigenvalue weighted by Gasteiger charge is 2.35. The standard InChI is InChI=1S/C16H29N3/c1-7-11-17-15(16(4,8-2)19(5)6)14-10-9-13(3)18-12-14/h9-10,12,15,17H,7-8,11H2,1-6H3. The lowest BCUT2D eigenvalue weighted by molar-refractivity contribution is 0.112. The molecule has 0 amide bonds. The van der Waals surface area contributed by atoms with Gasteiger partial charge in [0, 0.05) is 17.4 Å². The van der Waals surface area contributed by atoms with Gasteiger partial charge in [-0.2, -0.15) is 0 Å². The smallest absolute Gasteiger partial charge is 0.0519 e. The van der Waals surface area contributed by atoms with Crippen molar-refractivity contribution in [1.82, 2.24) is 15.2 Å². The summed E-state index contributed by atoms with van der Waals surface area (Å²) in [5, 5.41) is 3.70. The van der Waals surface area contributed by atoms with E-state index >= 15 is 0 Å². The van der Waals surface area contributed by atoms with Gasteiger partial charge in [0.25, 0.3) is 0 Å². The number of hydrogen-bond acceptors (Lipinski definition) is 3.